The Kier molecular flexibility index (Phi) is 17.9. The van der Waals surface area contributed by atoms with Gasteiger partial charge in [-0.15, -0.1) is 0 Å². The smallest absolute Gasteiger partial charge is 0.320 e. The van der Waals surface area contributed by atoms with Gasteiger partial charge in [-0.2, -0.15) is 0 Å². The van der Waals surface area contributed by atoms with Crippen molar-refractivity contribution in [2.75, 3.05) is 59.0 Å². The topological polar surface area (TPSA) is 161 Å². The van der Waals surface area contributed by atoms with Gasteiger partial charge in [-0.3, -0.25) is 38.7 Å². The van der Waals surface area contributed by atoms with Crippen molar-refractivity contribution in [2.45, 2.75) is 138 Å². The minimum Gasteiger partial charge on any atom is -0.459 e. The fraction of sp³-hybridized carbons (Fsp3) is 0.857. The van der Waals surface area contributed by atoms with Crippen molar-refractivity contribution in [3.8, 4) is 0 Å². The zero-order chi connectivity index (χ0) is 38.6. The van der Waals surface area contributed by atoms with Gasteiger partial charge in [-0.1, -0.05) is 0 Å². The summed E-state index contributed by atoms with van der Waals surface area (Å²) in [5.74, 6) is -2.89. The second kappa shape index (κ2) is 19.0. The number of ether oxygens (including phenoxy) is 5. The maximum absolute atomic E-state index is 13.0. The van der Waals surface area contributed by atoms with E-state index >= 15 is 0 Å². The van der Waals surface area contributed by atoms with Crippen LogP contribution in [-0.2, 0) is 47.7 Å². The molecule has 0 spiro atoms. The lowest BCUT2D eigenvalue weighted by Gasteiger charge is -2.35. The Balaban J connectivity index is 6.43. The van der Waals surface area contributed by atoms with Crippen LogP contribution in [0.25, 0.3) is 0 Å². The highest BCUT2D eigenvalue weighted by Gasteiger charge is 2.31. The third kappa shape index (κ3) is 25.8. The normalized spacial score (nSPS) is 13.7. The van der Waals surface area contributed by atoms with Crippen LogP contribution in [0.3, 0.4) is 0 Å². The average molecular weight is 704 g/mol. The zero-order valence-electron chi connectivity index (χ0n) is 32.8. The lowest BCUT2D eigenvalue weighted by atomic mass is 10.2. The van der Waals surface area contributed by atoms with E-state index in [1.54, 1.807) is 114 Å². The van der Waals surface area contributed by atoms with Crippen molar-refractivity contribution in [2.24, 2.45) is 0 Å². The highest BCUT2D eigenvalue weighted by atomic mass is 16.6. The van der Waals surface area contributed by atoms with Gasteiger partial charge in [0.15, 0.2) is 0 Å². The van der Waals surface area contributed by atoms with Gasteiger partial charge in [0, 0.05) is 25.7 Å². The molecule has 49 heavy (non-hydrogen) atoms. The molecule has 14 heteroatoms. The van der Waals surface area contributed by atoms with Crippen LogP contribution < -0.4 is 0 Å². The second-order valence-electron chi connectivity index (χ2n) is 17.1. The molecule has 0 bridgehead atoms. The SMILES string of the molecule is CC(C)(C)OC(=O)CN(CCN(CC(=O)OC(C)(C)C)CC(CO)N(CC(=O)OC(C)(C)C)CC(=O)OC(C)(C)C)CC(=O)OC(C)(C)C. The molecule has 0 amide bonds. The summed E-state index contributed by atoms with van der Waals surface area (Å²) in [7, 11) is 0. The highest BCUT2D eigenvalue weighted by molar-refractivity contribution is 5.76. The first kappa shape index (κ1) is 46.2. The lowest BCUT2D eigenvalue weighted by Crippen LogP contribution is -2.53. The molecule has 0 saturated heterocycles. The minimum absolute atomic E-state index is 0.00590. The maximum Gasteiger partial charge on any atom is 0.320 e. The van der Waals surface area contributed by atoms with Gasteiger partial charge in [0.05, 0.1) is 39.3 Å². The first-order chi connectivity index (χ1) is 21.9. The van der Waals surface area contributed by atoms with Crippen molar-refractivity contribution in [1.29, 1.82) is 0 Å². The molecule has 1 atom stereocenters. The van der Waals surface area contributed by atoms with Crippen LogP contribution in [0.5, 0.6) is 0 Å². The van der Waals surface area contributed by atoms with E-state index in [2.05, 4.69) is 0 Å². The first-order valence-corrected chi connectivity index (χ1v) is 16.8. The van der Waals surface area contributed by atoms with E-state index in [4.69, 9.17) is 23.7 Å². The van der Waals surface area contributed by atoms with Crippen molar-refractivity contribution in [3.63, 3.8) is 0 Å². The third-order valence-electron chi connectivity index (χ3n) is 5.75. The third-order valence-corrected chi connectivity index (χ3v) is 5.75. The summed E-state index contributed by atoms with van der Waals surface area (Å²) in [5, 5.41) is 10.6. The number of carbonyl (C=O) groups is 5. The number of nitrogens with zero attached hydrogens (tertiary/aromatic N) is 3. The standard InChI is InChI=1S/C35H65N3O11/c1-31(2,3)45-26(40)19-36(16-17-37(20-27(41)46-32(4,5)6)21-28(42)47-33(7,8)9)18-25(24-39)38(22-29(43)48-34(10,11)12)23-30(44)49-35(13,14)15/h25,39H,16-24H2,1-15H3. The van der Waals surface area contributed by atoms with Gasteiger partial charge >= 0.3 is 29.8 Å². The number of hydrogen-bond acceptors (Lipinski definition) is 14. The van der Waals surface area contributed by atoms with E-state index in [1.165, 1.54) is 4.90 Å². The molecule has 0 radical (unpaired) electrons. The van der Waals surface area contributed by atoms with Gasteiger partial charge in [-0.25, -0.2) is 0 Å². The maximum atomic E-state index is 13.0. The number of esters is 5. The molecular weight excluding hydrogens is 638 g/mol. The lowest BCUT2D eigenvalue weighted by molar-refractivity contribution is -0.163. The monoisotopic (exact) mass is 703 g/mol. The molecule has 0 aliphatic carbocycles. The van der Waals surface area contributed by atoms with Gasteiger partial charge in [0.25, 0.3) is 0 Å². The van der Waals surface area contributed by atoms with E-state index in [-0.39, 0.29) is 52.4 Å². The predicted molar refractivity (Wildman–Crippen MR) is 185 cm³/mol. The summed E-state index contributed by atoms with van der Waals surface area (Å²) in [6.45, 7) is 24.3. The summed E-state index contributed by atoms with van der Waals surface area (Å²) in [6, 6.07) is -0.840. The minimum atomic E-state index is -0.840. The fourth-order valence-corrected chi connectivity index (χ4v) is 4.38. The Morgan fingerprint density at radius 2 is 0.694 bits per heavy atom. The van der Waals surface area contributed by atoms with Crippen LogP contribution in [0, 0.1) is 0 Å². The van der Waals surface area contributed by atoms with E-state index in [1.807, 2.05) is 0 Å². The van der Waals surface area contributed by atoms with Gasteiger partial charge < -0.3 is 28.8 Å². The number of aliphatic hydroxyl groups excluding tert-OH is 1. The molecule has 14 nitrogen and oxygen atoms in total. The van der Waals surface area contributed by atoms with Crippen LogP contribution in [0.2, 0.25) is 0 Å². The fourth-order valence-electron chi connectivity index (χ4n) is 4.38. The van der Waals surface area contributed by atoms with Crippen LogP contribution >= 0.6 is 0 Å². The Labute approximate surface area is 294 Å². The molecule has 0 rings (SSSR count). The molecule has 0 aromatic carbocycles. The van der Waals surface area contributed by atoms with Crippen LogP contribution in [-0.4, -0.2) is 143 Å². The van der Waals surface area contributed by atoms with E-state index < -0.39 is 70.5 Å². The van der Waals surface area contributed by atoms with E-state index in [0.717, 1.165) is 0 Å². The zero-order valence-corrected chi connectivity index (χ0v) is 32.8. The molecule has 0 fully saturated rings. The molecular formula is C35H65N3O11. The van der Waals surface area contributed by atoms with E-state index in [9.17, 15) is 29.1 Å². The second-order valence-corrected chi connectivity index (χ2v) is 17.1. The molecule has 0 aliphatic heterocycles. The highest BCUT2D eigenvalue weighted by Crippen LogP contribution is 2.15. The number of carbonyl (C=O) groups excluding carboxylic acids is 5. The van der Waals surface area contributed by atoms with Crippen molar-refractivity contribution >= 4 is 29.8 Å². The molecule has 0 aromatic heterocycles. The summed E-state index contributed by atoms with van der Waals surface area (Å²) >= 11 is 0. The summed E-state index contributed by atoms with van der Waals surface area (Å²) in [4.78, 5) is 69.1. The van der Waals surface area contributed by atoms with Gasteiger partial charge in [-0.05, 0) is 104 Å². The number of hydrogen-bond donors (Lipinski definition) is 1. The van der Waals surface area contributed by atoms with Crippen molar-refractivity contribution in [1.82, 2.24) is 14.7 Å². The number of aliphatic hydroxyl groups is 1. The molecule has 286 valence electrons. The summed E-state index contributed by atoms with van der Waals surface area (Å²) in [5.41, 5.74) is -3.87. The predicted octanol–water partition coefficient (Wildman–Crippen LogP) is 2.96. The Morgan fingerprint density at radius 3 is 0.959 bits per heavy atom. The van der Waals surface area contributed by atoms with Crippen LogP contribution in [0.4, 0.5) is 0 Å². The Hall–Kier alpha value is -2.81. The Bertz CT molecular complexity index is 1030. The molecule has 0 aromatic rings. The largest absolute Gasteiger partial charge is 0.459 e. The molecule has 0 saturated carbocycles. The van der Waals surface area contributed by atoms with Gasteiger partial charge in [0.2, 0.25) is 0 Å². The van der Waals surface area contributed by atoms with Crippen molar-refractivity contribution < 1.29 is 52.8 Å². The quantitative estimate of drug-likeness (QED) is 0.174. The van der Waals surface area contributed by atoms with Crippen LogP contribution in [0.1, 0.15) is 104 Å². The molecule has 1 unspecified atom stereocenters. The van der Waals surface area contributed by atoms with Crippen molar-refractivity contribution in [3.05, 3.63) is 0 Å². The van der Waals surface area contributed by atoms with Crippen LogP contribution in [0.15, 0.2) is 0 Å². The van der Waals surface area contributed by atoms with Gasteiger partial charge in [0.1, 0.15) is 28.0 Å². The molecule has 1 N–H and O–H groups in total. The van der Waals surface area contributed by atoms with E-state index in [0.29, 0.717) is 0 Å². The summed E-state index contributed by atoms with van der Waals surface area (Å²) < 4.78 is 27.5. The molecule has 0 heterocycles. The number of rotatable bonds is 17. The average Bonchev–Trinajstić information content (AvgIpc) is 2.78. The molecule has 0 aliphatic rings. The Morgan fingerprint density at radius 1 is 0.449 bits per heavy atom. The summed E-state index contributed by atoms with van der Waals surface area (Å²) in [6.07, 6.45) is 0. The first-order valence-electron chi connectivity index (χ1n) is 16.8.